The van der Waals surface area contributed by atoms with Crippen LogP contribution in [0.1, 0.15) is 31.4 Å². The van der Waals surface area contributed by atoms with Gasteiger partial charge in [0.05, 0.1) is 4.92 Å². The SMILES string of the molecule is Cc1nc(N)nc(NC(C2CC2)C2CC2)c1[N+](=O)[O-]. The van der Waals surface area contributed by atoms with Crippen LogP contribution >= 0.6 is 0 Å². The molecule has 2 fully saturated rings. The van der Waals surface area contributed by atoms with Gasteiger partial charge >= 0.3 is 5.69 Å². The number of anilines is 2. The van der Waals surface area contributed by atoms with E-state index < -0.39 is 4.92 Å². The van der Waals surface area contributed by atoms with Crippen LogP contribution in [0.5, 0.6) is 0 Å². The van der Waals surface area contributed by atoms with Gasteiger partial charge in [-0.15, -0.1) is 0 Å². The number of rotatable bonds is 5. The van der Waals surface area contributed by atoms with Crippen molar-refractivity contribution in [1.82, 2.24) is 9.97 Å². The Kier molecular flexibility index (Phi) is 2.76. The fraction of sp³-hybridized carbons (Fsp3) is 0.667. The van der Waals surface area contributed by atoms with Crippen molar-refractivity contribution in [2.75, 3.05) is 11.1 Å². The summed E-state index contributed by atoms with van der Waals surface area (Å²) in [6, 6.07) is 0.299. The molecule has 2 saturated carbocycles. The van der Waals surface area contributed by atoms with Gasteiger partial charge in [-0.05, 0) is 44.4 Å². The van der Waals surface area contributed by atoms with Gasteiger partial charge in [-0.25, -0.2) is 4.98 Å². The highest BCUT2D eigenvalue weighted by atomic mass is 16.6. The molecule has 0 bridgehead atoms. The van der Waals surface area contributed by atoms with Crippen molar-refractivity contribution < 1.29 is 4.92 Å². The summed E-state index contributed by atoms with van der Waals surface area (Å²) in [4.78, 5) is 18.6. The van der Waals surface area contributed by atoms with Crippen molar-refractivity contribution in [3.8, 4) is 0 Å². The molecule has 0 spiro atoms. The van der Waals surface area contributed by atoms with E-state index in [4.69, 9.17) is 5.73 Å². The molecule has 1 aromatic heterocycles. The summed E-state index contributed by atoms with van der Waals surface area (Å²) in [7, 11) is 0. The number of nitrogens with one attached hydrogen (secondary N) is 1. The first-order valence-electron chi connectivity index (χ1n) is 6.61. The Labute approximate surface area is 110 Å². The molecule has 0 amide bonds. The van der Waals surface area contributed by atoms with Crippen LogP contribution in [0.25, 0.3) is 0 Å². The van der Waals surface area contributed by atoms with Gasteiger partial charge in [-0.2, -0.15) is 4.98 Å². The molecule has 0 atom stereocenters. The van der Waals surface area contributed by atoms with Crippen molar-refractivity contribution >= 4 is 17.5 Å². The number of nitrogen functional groups attached to an aromatic ring is 1. The summed E-state index contributed by atoms with van der Waals surface area (Å²) in [6.07, 6.45) is 4.78. The first-order valence-corrected chi connectivity index (χ1v) is 6.61. The molecule has 0 aliphatic heterocycles. The van der Waals surface area contributed by atoms with Gasteiger partial charge in [0.2, 0.25) is 11.8 Å². The maximum Gasteiger partial charge on any atom is 0.332 e. The van der Waals surface area contributed by atoms with Gasteiger partial charge in [0, 0.05) is 6.04 Å². The maximum atomic E-state index is 11.2. The van der Waals surface area contributed by atoms with Crippen LogP contribution in [0.3, 0.4) is 0 Å². The van der Waals surface area contributed by atoms with Crippen LogP contribution in [-0.4, -0.2) is 20.9 Å². The molecule has 19 heavy (non-hydrogen) atoms. The van der Waals surface area contributed by atoms with E-state index in [0.29, 0.717) is 23.6 Å². The molecular formula is C12H17N5O2. The second kappa shape index (κ2) is 4.32. The Hall–Kier alpha value is -1.92. The molecule has 0 radical (unpaired) electrons. The third-order valence-corrected chi connectivity index (χ3v) is 3.82. The highest BCUT2D eigenvalue weighted by Crippen LogP contribution is 2.46. The number of nitro groups is 1. The van der Waals surface area contributed by atoms with E-state index in [1.165, 1.54) is 25.7 Å². The van der Waals surface area contributed by atoms with E-state index in [0.717, 1.165) is 0 Å². The number of aromatic nitrogens is 2. The molecule has 7 nitrogen and oxygen atoms in total. The summed E-state index contributed by atoms with van der Waals surface area (Å²) in [6.45, 7) is 1.59. The highest BCUT2D eigenvalue weighted by molar-refractivity contribution is 5.61. The Morgan fingerprint density at radius 2 is 1.89 bits per heavy atom. The monoisotopic (exact) mass is 263 g/mol. The smallest absolute Gasteiger partial charge is 0.332 e. The van der Waals surface area contributed by atoms with Crippen molar-refractivity contribution in [2.45, 2.75) is 38.6 Å². The predicted molar refractivity (Wildman–Crippen MR) is 70.7 cm³/mol. The zero-order valence-electron chi connectivity index (χ0n) is 10.8. The first kappa shape index (κ1) is 12.1. The lowest BCUT2D eigenvalue weighted by atomic mass is 10.1. The predicted octanol–water partition coefficient (Wildman–Crippen LogP) is 1.88. The van der Waals surface area contributed by atoms with E-state index in [9.17, 15) is 10.1 Å². The Morgan fingerprint density at radius 3 is 2.37 bits per heavy atom. The Morgan fingerprint density at radius 1 is 1.32 bits per heavy atom. The lowest BCUT2D eigenvalue weighted by Gasteiger charge is -2.18. The number of hydrogen-bond donors (Lipinski definition) is 2. The molecule has 3 N–H and O–H groups in total. The number of nitrogens with zero attached hydrogens (tertiary/aromatic N) is 3. The van der Waals surface area contributed by atoms with E-state index in [1.807, 2.05) is 0 Å². The lowest BCUT2D eigenvalue weighted by Crippen LogP contribution is -2.26. The van der Waals surface area contributed by atoms with Crippen molar-refractivity contribution in [3.05, 3.63) is 15.8 Å². The topological polar surface area (TPSA) is 107 Å². The molecule has 2 aliphatic carbocycles. The molecule has 7 heteroatoms. The molecule has 1 heterocycles. The van der Waals surface area contributed by atoms with Crippen molar-refractivity contribution in [2.24, 2.45) is 11.8 Å². The molecular weight excluding hydrogens is 246 g/mol. The number of nitrogens with two attached hydrogens (primary N) is 1. The van der Waals surface area contributed by atoms with Crippen LogP contribution in [0.4, 0.5) is 17.5 Å². The first-order chi connectivity index (χ1) is 9.06. The van der Waals surface area contributed by atoms with Crippen molar-refractivity contribution in [3.63, 3.8) is 0 Å². The van der Waals surface area contributed by atoms with Crippen molar-refractivity contribution in [1.29, 1.82) is 0 Å². The average Bonchev–Trinajstić information content (AvgIpc) is 3.17. The van der Waals surface area contributed by atoms with E-state index >= 15 is 0 Å². The second-order valence-electron chi connectivity index (χ2n) is 5.47. The van der Waals surface area contributed by atoms with Gasteiger partial charge in [0.1, 0.15) is 5.69 Å². The maximum absolute atomic E-state index is 11.2. The fourth-order valence-corrected chi connectivity index (χ4v) is 2.60. The largest absolute Gasteiger partial charge is 0.368 e. The zero-order valence-corrected chi connectivity index (χ0v) is 10.8. The molecule has 0 saturated heterocycles. The minimum absolute atomic E-state index is 0.0551. The Bertz CT molecular complexity index is 513. The third kappa shape index (κ3) is 2.45. The molecule has 102 valence electrons. The average molecular weight is 263 g/mol. The summed E-state index contributed by atoms with van der Waals surface area (Å²) < 4.78 is 0. The van der Waals surface area contributed by atoms with Gasteiger partial charge in [-0.1, -0.05) is 0 Å². The second-order valence-corrected chi connectivity index (χ2v) is 5.47. The summed E-state index contributed by atoms with van der Waals surface area (Å²) in [5, 5.41) is 14.4. The van der Waals surface area contributed by atoms with Gasteiger partial charge < -0.3 is 11.1 Å². The summed E-state index contributed by atoms with van der Waals surface area (Å²) in [5.74, 6) is 1.61. The minimum atomic E-state index is -0.437. The van der Waals surface area contributed by atoms with Gasteiger partial charge in [0.25, 0.3) is 0 Å². The molecule has 3 rings (SSSR count). The third-order valence-electron chi connectivity index (χ3n) is 3.82. The molecule has 0 unspecified atom stereocenters. The fourth-order valence-electron chi connectivity index (χ4n) is 2.60. The van der Waals surface area contributed by atoms with E-state index in [2.05, 4.69) is 15.3 Å². The van der Waals surface area contributed by atoms with Crippen LogP contribution in [0.2, 0.25) is 0 Å². The van der Waals surface area contributed by atoms with Crippen LogP contribution in [0, 0.1) is 28.9 Å². The summed E-state index contributed by atoms with van der Waals surface area (Å²) in [5.41, 5.74) is 5.86. The summed E-state index contributed by atoms with van der Waals surface area (Å²) >= 11 is 0. The standard InChI is InChI=1S/C12H17N5O2/c1-6-10(17(18)19)11(16-12(13)14-6)15-9(7-2-3-7)8-4-5-8/h7-9H,2-5H2,1H3,(H3,13,14,15,16). The van der Waals surface area contributed by atoms with E-state index in [-0.39, 0.29) is 17.5 Å². The van der Waals surface area contributed by atoms with Crippen LogP contribution in [0.15, 0.2) is 0 Å². The zero-order chi connectivity index (χ0) is 13.6. The quantitative estimate of drug-likeness (QED) is 0.620. The number of hydrogen-bond acceptors (Lipinski definition) is 6. The molecule has 2 aliphatic rings. The van der Waals surface area contributed by atoms with Crippen LogP contribution < -0.4 is 11.1 Å². The van der Waals surface area contributed by atoms with E-state index in [1.54, 1.807) is 6.92 Å². The Balaban J connectivity index is 1.91. The highest BCUT2D eigenvalue weighted by Gasteiger charge is 2.42. The van der Waals surface area contributed by atoms with Crippen LogP contribution in [-0.2, 0) is 0 Å². The normalized spacial score (nSPS) is 18.6. The molecule has 1 aromatic rings. The lowest BCUT2D eigenvalue weighted by molar-refractivity contribution is -0.385. The number of aryl methyl sites for hydroxylation is 1. The minimum Gasteiger partial charge on any atom is -0.368 e. The van der Waals surface area contributed by atoms with Gasteiger partial charge in [0.15, 0.2) is 0 Å². The molecule has 0 aromatic carbocycles. The van der Waals surface area contributed by atoms with Gasteiger partial charge in [-0.3, -0.25) is 10.1 Å².